The van der Waals surface area contributed by atoms with Crippen molar-refractivity contribution in [3.05, 3.63) is 33.9 Å². The summed E-state index contributed by atoms with van der Waals surface area (Å²) in [5, 5.41) is 10.3. The van der Waals surface area contributed by atoms with Crippen LogP contribution in [0.3, 0.4) is 0 Å². The molecule has 0 saturated carbocycles. The van der Waals surface area contributed by atoms with E-state index in [-0.39, 0.29) is 4.90 Å². The maximum atomic E-state index is 12.9. The highest BCUT2D eigenvalue weighted by atomic mass is 32.2. The minimum atomic E-state index is -0.943. The van der Waals surface area contributed by atoms with Gasteiger partial charge in [0.05, 0.1) is 11.0 Å². The number of rotatable bonds is 2. The van der Waals surface area contributed by atoms with Gasteiger partial charge in [-0.05, 0) is 6.26 Å². The number of hydrogen-bond donors (Lipinski definition) is 0. The van der Waals surface area contributed by atoms with Crippen molar-refractivity contribution in [2.75, 3.05) is 6.26 Å². The van der Waals surface area contributed by atoms with Crippen LogP contribution in [0.4, 0.5) is 14.5 Å². The summed E-state index contributed by atoms with van der Waals surface area (Å²) in [6, 6.07) is 1.33. The van der Waals surface area contributed by atoms with Crippen LogP contribution in [0, 0.1) is 21.7 Å². The molecule has 0 unspecified atom stereocenters. The molecule has 1 aromatic carbocycles. The number of halogens is 2. The largest absolute Gasteiger partial charge is 0.288 e. The maximum absolute atomic E-state index is 12.9. The van der Waals surface area contributed by atoms with Gasteiger partial charge in [-0.2, -0.15) is 0 Å². The van der Waals surface area contributed by atoms with Crippen molar-refractivity contribution in [3.63, 3.8) is 0 Å². The van der Waals surface area contributed by atoms with E-state index in [1.807, 2.05) is 0 Å². The molecule has 13 heavy (non-hydrogen) atoms. The van der Waals surface area contributed by atoms with Gasteiger partial charge in [-0.25, -0.2) is 8.78 Å². The Bertz CT molecular complexity index is 357. The quantitative estimate of drug-likeness (QED) is 0.423. The third-order valence-electron chi connectivity index (χ3n) is 1.39. The van der Waals surface area contributed by atoms with E-state index in [0.29, 0.717) is 12.1 Å². The molecule has 0 N–H and O–H groups in total. The summed E-state index contributed by atoms with van der Waals surface area (Å²) in [5.74, 6) is -1.85. The van der Waals surface area contributed by atoms with Gasteiger partial charge in [0.15, 0.2) is 0 Å². The van der Waals surface area contributed by atoms with Crippen molar-refractivity contribution < 1.29 is 13.7 Å². The molecule has 0 atom stereocenters. The first-order valence-corrected chi connectivity index (χ1v) is 4.46. The summed E-state index contributed by atoms with van der Waals surface area (Å²) in [6.07, 6.45) is 1.49. The Balaban J connectivity index is 3.38. The van der Waals surface area contributed by atoms with Gasteiger partial charge in [0.2, 0.25) is 0 Å². The van der Waals surface area contributed by atoms with Gasteiger partial charge in [-0.15, -0.1) is 11.8 Å². The lowest BCUT2D eigenvalue weighted by atomic mass is 10.3. The normalized spacial score (nSPS) is 10.1. The molecule has 0 bridgehead atoms. The fourth-order valence-corrected chi connectivity index (χ4v) is 1.48. The summed E-state index contributed by atoms with van der Waals surface area (Å²) >= 11 is 0.876. The van der Waals surface area contributed by atoms with Crippen LogP contribution >= 0.6 is 11.8 Å². The average molecular weight is 205 g/mol. The molecular weight excluding hydrogens is 200 g/mol. The van der Waals surface area contributed by atoms with Crippen molar-refractivity contribution in [1.29, 1.82) is 0 Å². The highest BCUT2D eigenvalue weighted by Gasteiger charge is 2.19. The number of nitrogens with zero attached hydrogens (tertiary/aromatic N) is 1. The van der Waals surface area contributed by atoms with Crippen LogP contribution in [-0.4, -0.2) is 11.2 Å². The first kappa shape index (κ1) is 9.91. The Kier molecular flexibility index (Phi) is 2.82. The molecule has 0 radical (unpaired) electrons. The monoisotopic (exact) mass is 205 g/mol. The van der Waals surface area contributed by atoms with Crippen LogP contribution < -0.4 is 0 Å². The molecule has 0 amide bonds. The van der Waals surface area contributed by atoms with Crippen LogP contribution in [0.2, 0.25) is 0 Å². The molecule has 0 aliphatic heterocycles. The van der Waals surface area contributed by atoms with E-state index >= 15 is 0 Å². The smallest absolute Gasteiger partial charge is 0.258 e. The van der Waals surface area contributed by atoms with Crippen molar-refractivity contribution in [2.24, 2.45) is 0 Å². The standard InChI is InChI=1S/C7H5F2NO2S/c1-13-7-5(9)2-4(8)3-6(7)10(11)12/h2-3H,1H3. The average Bonchev–Trinajstić information content (AvgIpc) is 2.02. The van der Waals surface area contributed by atoms with Crippen LogP contribution in [-0.2, 0) is 0 Å². The van der Waals surface area contributed by atoms with Crippen LogP contribution in [0.5, 0.6) is 0 Å². The lowest BCUT2D eigenvalue weighted by Crippen LogP contribution is -1.94. The minimum Gasteiger partial charge on any atom is -0.258 e. The van der Waals surface area contributed by atoms with Crippen molar-refractivity contribution in [3.8, 4) is 0 Å². The highest BCUT2D eigenvalue weighted by Crippen LogP contribution is 2.30. The zero-order valence-electron chi connectivity index (χ0n) is 6.58. The topological polar surface area (TPSA) is 43.1 Å². The fraction of sp³-hybridized carbons (Fsp3) is 0.143. The van der Waals surface area contributed by atoms with Crippen LogP contribution in [0.25, 0.3) is 0 Å². The van der Waals surface area contributed by atoms with E-state index in [0.717, 1.165) is 11.8 Å². The predicted octanol–water partition coefficient (Wildman–Crippen LogP) is 2.59. The third-order valence-corrected chi connectivity index (χ3v) is 2.20. The van der Waals surface area contributed by atoms with Crippen LogP contribution in [0.15, 0.2) is 17.0 Å². The summed E-state index contributed by atoms with van der Waals surface area (Å²) in [6.45, 7) is 0. The van der Waals surface area contributed by atoms with Crippen molar-refractivity contribution >= 4 is 17.4 Å². The number of thioether (sulfide) groups is 1. The molecule has 0 fully saturated rings. The Hall–Kier alpha value is -1.17. The second-order valence-corrected chi connectivity index (χ2v) is 3.01. The summed E-state index contributed by atoms with van der Waals surface area (Å²) < 4.78 is 25.5. The molecule has 0 aliphatic rings. The lowest BCUT2D eigenvalue weighted by molar-refractivity contribution is -0.388. The number of benzene rings is 1. The minimum absolute atomic E-state index is 0.147. The molecule has 1 aromatic rings. The number of hydrogen-bond acceptors (Lipinski definition) is 3. The van der Waals surface area contributed by atoms with Gasteiger partial charge < -0.3 is 0 Å². The van der Waals surface area contributed by atoms with Crippen molar-refractivity contribution in [2.45, 2.75) is 4.90 Å². The van der Waals surface area contributed by atoms with Gasteiger partial charge in [0.25, 0.3) is 5.69 Å². The van der Waals surface area contributed by atoms with Gasteiger partial charge in [-0.1, -0.05) is 0 Å². The van der Waals surface area contributed by atoms with Crippen molar-refractivity contribution in [1.82, 2.24) is 0 Å². The van der Waals surface area contributed by atoms with Gasteiger partial charge in [-0.3, -0.25) is 10.1 Å². The second kappa shape index (κ2) is 3.69. The molecule has 0 aromatic heterocycles. The maximum Gasteiger partial charge on any atom is 0.288 e. The van der Waals surface area contributed by atoms with Gasteiger partial charge >= 0.3 is 0 Å². The van der Waals surface area contributed by atoms with E-state index in [2.05, 4.69) is 0 Å². The summed E-state index contributed by atoms with van der Waals surface area (Å²) in [5.41, 5.74) is -0.537. The van der Waals surface area contributed by atoms with Gasteiger partial charge in [0, 0.05) is 6.07 Å². The van der Waals surface area contributed by atoms with E-state index in [1.54, 1.807) is 0 Å². The predicted molar refractivity (Wildman–Crippen MR) is 44.8 cm³/mol. The van der Waals surface area contributed by atoms with Crippen LogP contribution in [0.1, 0.15) is 0 Å². The highest BCUT2D eigenvalue weighted by molar-refractivity contribution is 7.98. The number of nitro groups is 1. The SMILES string of the molecule is CSc1c(F)cc(F)cc1[N+](=O)[O-]. The van der Waals surface area contributed by atoms with E-state index in [9.17, 15) is 18.9 Å². The van der Waals surface area contributed by atoms with Gasteiger partial charge in [0.1, 0.15) is 16.5 Å². The Morgan fingerprint density at radius 3 is 2.54 bits per heavy atom. The zero-order valence-corrected chi connectivity index (χ0v) is 7.40. The molecule has 1 rings (SSSR count). The number of nitro benzene ring substituents is 1. The Labute approximate surface area is 76.9 Å². The fourth-order valence-electron chi connectivity index (χ4n) is 0.884. The molecule has 0 saturated heterocycles. The Morgan fingerprint density at radius 2 is 2.08 bits per heavy atom. The first-order chi connectivity index (χ1) is 6.06. The first-order valence-electron chi connectivity index (χ1n) is 3.23. The summed E-state index contributed by atoms with van der Waals surface area (Å²) in [4.78, 5) is 9.39. The van der Waals surface area contributed by atoms with E-state index in [1.165, 1.54) is 6.26 Å². The molecule has 3 nitrogen and oxygen atoms in total. The molecule has 0 spiro atoms. The summed E-state index contributed by atoms with van der Waals surface area (Å²) in [7, 11) is 0. The molecule has 0 aliphatic carbocycles. The molecule has 6 heteroatoms. The second-order valence-electron chi connectivity index (χ2n) is 2.20. The molecule has 70 valence electrons. The molecule has 0 heterocycles. The Morgan fingerprint density at radius 1 is 1.46 bits per heavy atom. The lowest BCUT2D eigenvalue weighted by Gasteiger charge is -2.00. The molecular formula is C7H5F2NO2S. The zero-order chi connectivity index (χ0) is 10.0. The van der Waals surface area contributed by atoms with E-state index in [4.69, 9.17) is 0 Å². The third kappa shape index (κ3) is 1.95. The van der Waals surface area contributed by atoms with E-state index < -0.39 is 22.2 Å².